The van der Waals surface area contributed by atoms with Crippen molar-refractivity contribution >= 4 is 0 Å². The minimum atomic E-state index is 0.304. The molecule has 0 aromatic carbocycles. The maximum absolute atomic E-state index is 5.46. The van der Waals surface area contributed by atoms with Crippen LogP contribution < -0.4 is 5.32 Å². The minimum absolute atomic E-state index is 0.304. The second-order valence-corrected chi connectivity index (χ2v) is 4.47. The van der Waals surface area contributed by atoms with Crippen molar-refractivity contribution < 1.29 is 4.74 Å². The lowest BCUT2D eigenvalue weighted by atomic mass is 10.2. The zero-order chi connectivity index (χ0) is 13.2. The Kier molecular flexibility index (Phi) is 7.69. The third kappa shape index (κ3) is 4.78. The molecule has 0 fully saturated rings. The number of hydrogen-bond acceptors (Lipinski definition) is 3. The Morgan fingerprint density at radius 3 is 2.83 bits per heavy atom. The summed E-state index contributed by atoms with van der Waals surface area (Å²) in [5.41, 5.74) is 0. The van der Waals surface area contributed by atoms with Crippen LogP contribution in [0.4, 0.5) is 0 Å². The van der Waals surface area contributed by atoms with Crippen LogP contribution >= 0.6 is 0 Å². The third-order valence-corrected chi connectivity index (χ3v) is 2.92. The van der Waals surface area contributed by atoms with E-state index in [9.17, 15) is 0 Å². The summed E-state index contributed by atoms with van der Waals surface area (Å²) in [6.45, 7) is 10.0. The summed E-state index contributed by atoms with van der Waals surface area (Å²) in [6.07, 6.45) is 7.22. The van der Waals surface area contributed by atoms with Crippen molar-refractivity contribution in [3.8, 4) is 0 Å². The molecule has 1 aromatic heterocycles. The van der Waals surface area contributed by atoms with Crippen LogP contribution in [0.1, 0.15) is 51.9 Å². The Hall–Kier alpha value is -0.870. The molecule has 4 heteroatoms. The van der Waals surface area contributed by atoms with Crippen molar-refractivity contribution in [3.05, 3.63) is 18.2 Å². The normalized spacial score (nSPS) is 12.8. The summed E-state index contributed by atoms with van der Waals surface area (Å²) in [6, 6.07) is 0.304. The number of hydrogen-bond donors (Lipinski definition) is 1. The molecule has 0 aliphatic carbocycles. The Labute approximate surface area is 111 Å². The summed E-state index contributed by atoms with van der Waals surface area (Å²) in [7, 11) is 0. The highest BCUT2D eigenvalue weighted by atomic mass is 16.5. The maximum atomic E-state index is 5.46. The van der Waals surface area contributed by atoms with Crippen LogP contribution in [0.5, 0.6) is 0 Å². The molecule has 0 saturated heterocycles. The lowest BCUT2D eigenvalue weighted by Gasteiger charge is -2.19. The lowest BCUT2D eigenvalue weighted by molar-refractivity contribution is 0.135. The highest BCUT2D eigenvalue weighted by Crippen LogP contribution is 2.15. The first-order valence-electron chi connectivity index (χ1n) is 7.15. The summed E-state index contributed by atoms with van der Waals surface area (Å²) < 4.78 is 7.71. The molecule has 0 saturated carbocycles. The van der Waals surface area contributed by atoms with Gasteiger partial charge in [-0.2, -0.15) is 0 Å². The first kappa shape index (κ1) is 15.2. The SMILES string of the molecule is CCCNC(CCOCC)c1nccn1CCC. The van der Waals surface area contributed by atoms with Crippen LogP contribution in [0.15, 0.2) is 12.4 Å². The Morgan fingerprint density at radius 2 is 2.17 bits per heavy atom. The Morgan fingerprint density at radius 1 is 1.33 bits per heavy atom. The van der Waals surface area contributed by atoms with E-state index in [4.69, 9.17) is 4.74 Å². The average Bonchev–Trinajstić information content (AvgIpc) is 2.82. The molecule has 1 N–H and O–H groups in total. The number of aryl methyl sites for hydroxylation is 1. The maximum Gasteiger partial charge on any atom is 0.125 e. The van der Waals surface area contributed by atoms with Gasteiger partial charge >= 0.3 is 0 Å². The number of rotatable bonds is 10. The van der Waals surface area contributed by atoms with Gasteiger partial charge in [0.1, 0.15) is 5.82 Å². The molecule has 0 amide bonds. The Balaban J connectivity index is 2.63. The molecule has 1 rings (SSSR count). The van der Waals surface area contributed by atoms with E-state index in [0.717, 1.165) is 51.4 Å². The van der Waals surface area contributed by atoms with Crippen LogP contribution in [0.2, 0.25) is 0 Å². The van der Waals surface area contributed by atoms with Gasteiger partial charge in [-0.1, -0.05) is 13.8 Å². The minimum Gasteiger partial charge on any atom is -0.382 e. The van der Waals surface area contributed by atoms with Gasteiger partial charge in [0.15, 0.2) is 0 Å². The zero-order valence-electron chi connectivity index (χ0n) is 12.0. The van der Waals surface area contributed by atoms with Gasteiger partial charge in [-0.3, -0.25) is 0 Å². The second kappa shape index (κ2) is 9.11. The number of ether oxygens (including phenoxy) is 1. The highest BCUT2D eigenvalue weighted by molar-refractivity contribution is 4.99. The molecule has 1 unspecified atom stereocenters. The second-order valence-electron chi connectivity index (χ2n) is 4.47. The van der Waals surface area contributed by atoms with Gasteiger partial charge in [0, 0.05) is 32.2 Å². The fourth-order valence-electron chi connectivity index (χ4n) is 2.05. The fourth-order valence-corrected chi connectivity index (χ4v) is 2.05. The van der Waals surface area contributed by atoms with E-state index < -0.39 is 0 Å². The summed E-state index contributed by atoms with van der Waals surface area (Å²) >= 11 is 0. The molecule has 1 atom stereocenters. The molecule has 1 aromatic rings. The molecule has 0 bridgehead atoms. The molecule has 0 aliphatic heterocycles. The molecule has 1 heterocycles. The molecule has 18 heavy (non-hydrogen) atoms. The summed E-state index contributed by atoms with van der Waals surface area (Å²) in [5, 5.41) is 3.57. The van der Waals surface area contributed by atoms with E-state index in [-0.39, 0.29) is 0 Å². The molecule has 104 valence electrons. The quantitative estimate of drug-likeness (QED) is 0.652. The van der Waals surface area contributed by atoms with Gasteiger partial charge in [-0.15, -0.1) is 0 Å². The van der Waals surface area contributed by atoms with E-state index in [1.54, 1.807) is 0 Å². The predicted octanol–water partition coefficient (Wildman–Crippen LogP) is 2.76. The van der Waals surface area contributed by atoms with Crippen molar-refractivity contribution in [2.24, 2.45) is 0 Å². The van der Waals surface area contributed by atoms with Crippen molar-refractivity contribution in [1.82, 2.24) is 14.9 Å². The zero-order valence-corrected chi connectivity index (χ0v) is 12.0. The predicted molar refractivity (Wildman–Crippen MR) is 74.7 cm³/mol. The molecular formula is C14H27N3O. The van der Waals surface area contributed by atoms with Crippen LogP contribution in [0, 0.1) is 0 Å². The fraction of sp³-hybridized carbons (Fsp3) is 0.786. The van der Waals surface area contributed by atoms with E-state index in [1.807, 2.05) is 13.1 Å². The van der Waals surface area contributed by atoms with Gasteiger partial charge in [0.25, 0.3) is 0 Å². The van der Waals surface area contributed by atoms with Gasteiger partial charge in [0.05, 0.1) is 6.04 Å². The van der Waals surface area contributed by atoms with E-state index in [2.05, 4.69) is 34.9 Å². The Bertz CT molecular complexity index is 312. The number of nitrogens with one attached hydrogen (secondary N) is 1. The first-order valence-corrected chi connectivity index (χ1v) is 7.15. The average molecular weight is 253 g/mol. The van der Waals surface area contributed by atoms with Crippen LogP contribution in [-0.2, 0) is 11.3 Å². The highest BCUT2D eigenvalue weighted by Gasteiger charge is 2.15. The topological polar surface area (TPSA) is 39.1 Å². The molecule has 0 spiro atoms. The van der Waals surface area contributed by atoms with Gasteiger partial charge in [-0.25, -0.2) is 4.98 Å². The van der Waals surface area contributed by atoms with E-state index in [1.165, 1.54) is 0 Å². The largest absolute Gasteiger partial charge is 0.382 e. The van der Waals surface area contributed by atoms with E-state index >= 15 is 0 Å². The van der Waals surface area contributed by atoms with Crippen molar-refractivity contribution in [2.75, 3.05) is 19.8 Å². The van der Waals surface area contributed by atoms with Crippen LogP contribution in [-0.4, -0.2) is 29.3 Å². The smallest absolute Gasteiger partial charge is 0.125 e. The monoisotopic (exact) mass is 253 g/mol. The molecular weight excluding hydrogens is 226 g/mol. The van der Waals surface area contributed by atoms with Gasteiger partial charge < -0.3 is 14.6 Å². The van der Waals surface area contributed by atoms with Crippen LogP contribution in [0.3, 0.4) is 0 Å². The molecule has 4 nitrogen and oxygen atoms in total. The van der Waals surface area contributed by atoms with Crippen LogP contribution in [0.25, 0.3) is 0 Å². The van der Waals surface area contributed by atoms with Crippen molar-refractivity contribution in [2.45, 2.75) is 52.6 Å². The summed E-state index contributed by atoms with van der Waals surface area (Å²) in [5.74, 6) is 1.14. The summed E-state index contributed by atoms with van der Waals surface area (Å²) in [4.78, 5) is 4.51. The van der Waals surface area contributed by atoms with Crippen molar-refractivity contribution in [1.29, 1.82) is 0 Å². The third-order valence-electron chi connectivity index (χ3n) is 2.92. The van der Waals surface area contributed by atoms with Gasteiger partial charge in [-0.05, 0) is 32.7 Å². The van der Waals surface area contributed by atoms with Gasteiger partial charge in [0.2, 0.25) is 0 Å². The van der Waals surface area contributed by atoms with E-state index in [0.29, 0.717) is 6.04 Å². The number of nitrogens with zero attached hydrogens (tertiary/aromatic N) is 2. The number of imidazole rings is 1. The lowest BCUT2D eigenvalue weighted by Crippen LogP contribution is -2.26. The number of aromatic nitrogens is 2. The first-order chi connectivity index (χ1) is 8.83. The molecule has 0 radical (unpaired) electrons. The molecule has 0 aliphatic rings. The standard InChI is InChI=1S/C14H27N3O/c1-4-8-15-13(7-12-18-6-3)14-16-9-11-17(14)10-5-2/h9,11,13,15H,4-8,10,12H2,1-3H3. The van der Waals surface area contributed by atoms with Crippen molar-refractivity contribution in [3.63, 3.8) is 0 Å².